The molecule has 0 bridgehead atoms. The molecule has 3 nitrogen and oxygen atoms in total. The van der Waals surface area contributed by atoms with Gasteiger partial charge in [0.25, 0.3) is 5.91 Å². The van der Waals surface area contributed by atoms with E-state index in [4.69, 9.17) is 5.73 Å². The van der Waals surface area contributed by atoms with Gasteiger partial charge in [0, 0.05) is 19.1 Å². The van der Waals surface area contributed by atoms with Gasteiger partial charge in [-0.1, -0.05) is 6.07 Å². The Morgan fingerprint density at radius 1 is 1.41 bits per heavy atom. The van der Waals surface area contributed by atoms with Crippen LogP contribution in [-0.2, 0) is 0 Å². The van der Waals surface area contributed by atoms with Gasteiger partial charge in [-0.25, -0.2) is 8.78 Å². The third kappa shape index (κ3) is 2.44. The standard InChI is InChI=1S/C12H14F2N2O/c13-10-3-1-2-9(11(10)14)12(17)16(7-6-15)8-4-5-8/h1-3,8H,4-7,15H2. The second kappa shape index (κ2) is 4.79. The molecule has 1 aromatic rings. The van der Waals surface area contributed by atoms with Crippen molar-refractivity contribution in [1.29, 1.82) is 0 Å². The van der Waals surface area contributed by atoms with E-state index < -0.39 is 17.5 Å². The van der Waals surface area contributed by atoms with E-state index in [9.17, 15) is 13.6 Å². The number of carbonyl (C=O) groups excluding carboxylic acids is 1. The average Bonchev–Trinajstić information content (AvgIpc) is 3.13. The molecule has 0 saturated heterocycles. The van der Waals surface area contributed by atoms with E-state index in [1.165, 1.54) is 17.0 Å². The Bertz CT molecular complexity index is 433. The number of amides is 1. The quantitative estimate of drug-likeness (QED) is 0.867. The summed E-state index contributed by atoms with van der Waals surface area (Å²) in [5.74, 6) is -2.56. The molecule has 1 fully saturated rings. The highest BCUT2D eigenvalue weighted by Crippen LogP contribution is 2.28. The van der Waals surface area contributed by atoms with Gasteiger partial charge in [-0.2, -0.15) is 0 Å². The van der Waals surface area contributed by atoms with Gasteiger partial charge < -0.3 is 10.6 Å². The van der Waals surface area contributed by atoms with Gasteiger partial charge in [0.1, 0.15) is 0 Å². The third-order valence-electron chi connectivity index (χ3n) is 2.80. The molecule has 0 aliphatic heterocycles. The van der Waals surface area contributed by atoms with Gasteiger partial charge in [-0.3, -0.25) is 4.79 Å². The van der Waals surface area contributed by atoms with Crippen LogP contribution in [0.25, 0.3) is 0 Å². The van der Waals surface area contributed by atoms with Gasteiger partial charge in [0.2, 0.25) is 0 Å². The maximum Gasteiger partial charge on any atom is 0.257 e. The number of hydrogen-bond donors (Lipinski definition) is 1. The highest BCUT2D eigenvalue weighted by Gasteiger charge is 2.33. The van der Waals surface area contributed by atoms with Crippen molar-refractivity contribution in [3.63, 3.8) is 0 Å². The zero-order valence-corrected chi connectivity index (χ0v) is 9.33. The Hall–Kier alpha value is -1.49. The Morgan fingerprint density at radius 2 is 2.12 bits per heavy atom. The van der Waals surface area contributed by atoms with Crippen LogP contribution in [0.3, 0.4) is 0 Å². The molecular weight excluding hydrogens is 226 g/mol. The van der Waals surface area contributed by atoms with Crippen LogP contribution in [0.2, 0.25) is 0 Å². The summed E-state index contributed by atoms with van der Waals surface area (Å²) in [6, 6.07) is 3.76. The molecule has 5 heteroatoms. The van der Waals surface area contributed by atoms with Crippen molar-refractivity contribution >= 4 is 5.91 Å². The van der Waals surface area contributed by atoms with E-state index in [1.807, 2.05) is 0 Å². The van der Waals surface area contributed by atoms with E-state index in [0.29, 0.717) is 13.1 Å². The first kappa shape index (κ1) is 12.0. The highest BCUT2D eigenvalue weighted by molar-refractivity contribution is 5.94. The lowest BCUT2D eigenvalue weighted by atomic mass is 10.1. The predicted octanol–water partition coefficient (Wildman–Crippen LogP) is 1.53. The lowest BCUT2D eigenvalue weighted by Crippen LogP contribution is -2.37. The topological polar surface area (TPSA) is 46.3 Å². The van der Waals surface area contributed by atoms with E-state index in [0.717, 1.165) is 18.9 Å². The zero-order valence-electron chi connectivity index (χ0n) is 9.33. The Balaban J connectivity index is 2.25. The van der Waals surface area contributed by atoms with Gasteiger partial charge >= 0.3 is 0 Å². The van der Waals surface area contributed by atoms with Crippen LogP contribution in [0.4, 0.5) is 8.78 Å². The van der Waals surface area contributed by atoms with Gasteiger partial charge in [0.05, 0.1) is 5.56 Å². The van der Waals surface area contributed by atoms with Crippen LogP contribution >= 0.6 is 0 Å². The van der Waals surface area contributed by atoms with E-state index in [1.54, 1.807) is 0 Å². The lowest BCUT2D eigenvalue weighted by molar-refractivity contribution is 0.0742. The number of nitrogens with zero attached hydrogens (tertiary/aromatic N) is 1. The largest absolute Gasteiger partial charge is 0.334 e. The van der Waals surface area contributed by atoms with Crippen molar-refractivity contribution < 1.29 is 13.6 Å². The maximum absolute atomic E-state index is 13.5. The zero-order chi connectivity index (χ0) is 12.4. The van der Waals surface area contributed by atoms with Crippen molar-refractivity contribution in [2.45, 2.75) is 18.9 Å². The summed E-state index contributed by atoms with van der Waals surface area (Å²) in [5, 5.41) is 0. The molecular formula is C12H14F2N2O. The molecule has 1 aliphatic carbocycles. The molecule has 0 unspecified atom stereocenters. The monoisotopic (exact) mass is 240 g/mol. The Labute approximate surface area is 98.2 Å². The highest BCUT2D eigenvalue weighted by atomic mass is 19.2. The van der Waals surface area contributed by atoms with E-state index >= 15 is 0 Å². The molecule has 0 aromatic heterocycles. The van der Waals surface area contributed by atoms with Crippen molar-refractivity contribution in [1.82, 2.24) is 4.90 Å². The summed E-state index contributed by atoms with van der Waals surface area (Å²) in [4.78, 5) is 13.6. The van der Waals surface area contributed by atoms with Crippen LogP contribution in [-0.4, -0.2) is 29.9 Å². The molecule has 92 valence electrons. The number of nitrogens with two attached hydrogens (primary N) is 1. The van der Waals surface area contributed by atoms with Crippen LogP contribution < -0.4 is 5.73 Å². The first-order chi connectivity index (χ1) is 8.15. The fourth-order valence-corrected chi connectivity index (χ4v) is 1.80. The van der Waals surface area contributed by atoms with E-state index in [-0.39, 0.29) is 11.6 Å². The second-order valence-electron chi connectivity index (χ2n) is 4.12. The van der Waals surface area contributed by atoms with Gasteiger partial charge in [-0.15, -0.1) is 0 Å². The summed E-state index contributed by atoms with van der Waals surface area (Å²) < 4.78 is 26.5. The molecule has 1 aromatic carbocycles. The SMILES string of the molecule is NCCN(C(=O)c1cccc(F)c1F)C1CC1. The molecule has 2 rings (SSSR count). The van der Waals surface area contributed by atoms with Crippen LogP contribution in [0.15, 0.2) is 18.2 Å². The molecule has 1 amide bonds. The van der Waals surface area contributed by atoms with E-state index in [2.05, 4.69) is 0 Å². The molecule has 17 heavy (non-hydrogen) atoms. The Morgan fingerprint density at radius 3 is 2.71 bits per heavy atom. The minimum atomic E-state index is -1.08. The van der Waals surface area contributed by atoms with Crippen molar-refractivity contribution in [2.24, 2.45) is 5.73 Å². The van der Waals surface area contributed by atoms with Gasteiger partial charge in [0.15, 0.2) is 11.6 Å². The summed E-state index contributed by atoms with van der Waals surface area (Å²) in [7, 11) is 0. The van der Waals surface area contributed by atoms with Crippen LogP contribution in [0.5, 0.6) is 0 Å². The Kier molecular flexibility index (Phi) is 3.38. The molecule has 0 atom stereocenters. The normalized spacial score (nSPS) is 14.8. The summed E-state index contributed by atoms with van der Waals surface area (Å²) in [6.45, 7) is 0.693. The smallest absolute Gasteiger partial charge is 0.257 e. The lowest BCUT2D eigenvalue weighted by Gasteiger charge is -2.21. The van der Waals surface area contributed by atoms with Gasteiger partial charge in [-0.05, 0) is 25.0 Å². The minimum absolute atomic E-state index is 0.133. The molecule has 1 saturated carbocycles. The van der Waals surface area contributed by atoms with Crippen LogP contribution in [0.1, 0.15) is 23.2 Å². The summed E-state index contributed by atoms with van der Waals surface area (Å²) >= 11 is 0. The van der Waals surface area contributed by atoms with Crippen molar-refractivity contribution in [3.8, 4) is 0 Å². The van der Waals surface area contributed by atoms with Crippen LogP contribution in [0, 0.1) is 11.6 Å². The molecule has 0 spiro atoms. The number of carbonyl (C=O) groups is 1. The average molecular weight is 240 g/mol. The number of rotatable bonds is 4. The van der Waals surface area contributed by atoms with Crippen molar-refractivity contribution in [3.05, 3.63) is 35.4 Å². The van der Waals surface area contributed by atoms with Crippen molar-refractivity contribution in [2.75, 3.05) is 13.1 Å². The summed E-state index contributed by atoms with van der Waals surface area (Å²) in [6.07, 6.45) is 1.81. The molecule has 1 aliphatic rings. The summed E-state index contributed by atoms with van der Waals surface area (Å²) in [5.41, 5.74) is 5.20. The molecule has 0 heterocycles. The fourth-order valence-electron chi connectivity index (χ4n) is 1.80. The maximum atomic E-state index is 13.5. The first-order valence-corrected chi connectivity index (χ1v) is 5.60. The molecule has 2 N–H and O–H groups in total. The third-order valence-corrected chi connectivity index (χ3v) is 2.80. The number of benzene rings is 1. The first-order valence-electron chi connectivity index (χ1n) is 5.60. The minimum Gasteiger partial charge on any atom is -0.334 e. The number of hydrogen-bond acceptors (Lipinski definition) is 2. The fraction of sp³-hybridized carbons (Fsp3) is 0.417. The molecule has 0 radical (unpaired) electrons. The number of halogens is 2. The second-order valence-corrected chi connectivity index (χ2v) is 4.12. The predicted molar refractivity (Wildman–Crippen MR) is 59.5 cm³/mol.